The fourth-order valence-electron chi connectivity index (χ4n) is 7.01. The molecule has 29 heavy (non-hydrogen) atoms. The molecule has 168 valence electrons. The summed E-state index contributed by atoms with van der Waals surface area (Å²) in [6, 6.07) is 0.894. The summed E-state index contributed by atoms with van der Waals surface area (Å²) in [6.07, 6.45) is 10.2. The lowest BCUT2D eigenvalue weighted by atomic mass is 9.66. The highest BCUT2D eigenvalue weighted by molar-refractivity contribution is 5.01. The number of rotatable bonds is 3. The monoisotopic (exact) mass is 403 g/mol. The van der Waals surface area contributed by atoms with Crippen LogP contribution in [-0.4, -0.2) is 72.1 Å². The average Bonchev–Trinajstić information content (AvgIpc) is 3.09. The van der Waals surface area contributed by atoms with Crippen molar-refractivity contribution in [1.82, 2.24) is 14.7 Å². The van der Waals surface area contributed by atoms with Gasteiger partial charge in [-0.1, -0.05) is 20.8 Å². The molecule has 4 aliphatic rings. The predicted octanol–water partition coefficient (Wildman–Crippen LogP) is 5.11. The molecule has 1 spiro atoms. The van der Waals surface area contributed by atoms with Crippen molar-refractivity contribution in [2.75, 3.05) is 45.8 Å². The fraction of sp³-hybridized carbons (Fsp3) is 1.00. The van der Waals surface area contributed by atoms with Crippen molar-refractivity contribution in [2.24, 2.45) is 22.7 Å². The lowest BCUT2D eigenvalue weighted by Crippen LogP contribution is -2.60. The Morgan fingerprint density at radius 3 is 1.93 bits per heavy atom. The van der Waals surface area contributed by atoms with Gasteiger partial charge in [-0.25, -0.2) is 0 Å². The van der Waals surface area contributed by atoms with Crippen LogP contribution in [-0.2, 0) is 0 Å². The van der Waals surface area contributed by atoms with E-state index in [1.165, 1.54) is 90.8 Å². The summed E-state index contributed by atoms with van der Waals surface area (Å²) in [5, 5.41) is 0. The topological polar surface area (TPSA) is 9.72 Å². The van der Waals surface area contributed by atoms with Crippen LogP contribution < -0.4 is 0 Å². The van der Waals surface area contributed by atoms with E-state index in [0.29, 0.717) is 16.4 Å². The summed E-state index contributed by atoms with van der Waals surface area (Å²) in [5.74, 6) is 1.84. The van der Waals surface area contributed by atoms with Gasteiger partial charge in [0.2, 0.25) is 0 Å². The highest BCUT2D eigenvalue weighted by atomic mass is 15.2. The molecular weight excluding hydrogens is 354 g/mol. The van der Waals surface area contributed by atoms with Gasteiger partial charge in [-0.05, 0) is 108 Å². The molecule has 3 nitrogen and oxygen atoms in total. The molecule has 0 aromatic heterocycles. The van der Waals surface area contributed by atoms with Crippen LogP contribution in [0.25, 0.3) is 0 Å². The summed E-state index contributed by atoms with van der Waals surface area (Å²) < 4.78 is 0. The fourth-order valence-corrected chi connectivity index (χ4v) is 7.01. The zero-order chi connectivity index (χ0) is 20.9. The van der Waals surface area contributed by atoms with E-state index in [2.05, 4.69) is 56.2 Å². The van der Waals surface area contributed by atoms with Crippen LogP contribution >= 0.6 is 0 Å². The summed E-state index contributed by atoms with van der Waals surface area (Å²) in [4.78, 5) is 8.36. The first-order valence-corrected chi connectivity index (χ1v) is 12.8. The Kier molecular flexibility index (Phi) is 6.17. The van der Waals surface area contributed by atoms with Gasteiger partial charge in [0.15, 0.2) is 0 Å². The maximum absolute atomic E-state index is 2.87. The second-order valence-electron chi connectivity index (χ2n) is 13.3. The highest BCUT2D eigenvalue weighted by Crippen LogP contribution is 2.46. The Bertz CT molecular complexity index is 533. The smallest absolute Gasteiger partial charge is 0.0125 e. The molecule has 0 N–H and O–H groups in total. The zero-order valence-electron chi connectivity index (χ0n) is 20.5. The first-order chi connectivity index (χ1) is 13.5. The Labute approximate surface area is 181 Å². The van der Waals surface area contributed by atoms with Crippen molar-refractivity contribution in [3.8, 4) is 0 Å². The van der Waals surface area contributed by atoms with E-state index in [9.17, 15) is 0 Å². The molecule has 4 fully saturated rings. The standard InChI is InChI=1S/C26H49N3/c1-24(2,3)22-10-14-28(15-11-22)23-7-12-26(13-8-23)19-27(20-26)17-21-9-16-29(18-21)25(4,5)6/h21-23H,7-20H2,1-6H3. The zero-order valence-corrected chi connectivity index (χ0v) is 20.5. The molecule has 4 rings (SSSR count). The molecule has 3 heterocycles. The Balaban J connectivity index is 1.16. The molecule has 1 aliphatic carbocycles. The third-order valence-electron chi connectivity index (χ3n) is 9.16. The third-order valence-corrected chi connectivity index (χ3v) is 9.16. The molecule has 1 atom stereocenters. The van der Waals surface area contributed by atoms with Crippen LogP contribution in [0.3, 0.4) is 0 Å². The Morgan fingerprint density at radius 1 is 0.793 bits per heavy atom. The number of nitrogens with zero attached hydrogens (tertiary/aromatic N) is 3. The number of piperidine rings is 1. The van der Waals surface area contributed by atoms with Gasteiger partial charge >= 0.3 is 0 Å². The van der Waals surface area contributed by atoms with Crippen LogP contribution in [0.2, 0.25) is 0 Å². The molecule has 1 saturated carbocycles. The lowest BCUT2D eigenvalue weighted by Gasteiger charge is -2.55. The van der Waals surface area contributed by atoms with Gasteiger partial charge in [0.25, 0.3) is 0 Å². The van der Waals surface area contributed by atoms with E-state index in [0.717, 1.165) is 17.9 Å². The maximum Gasteiger partial charge on any atom is 0.0125 e. The average molecular weight is 404 g/mol. The molecule has 0 aromatic carbocycles. The minimum Gasteiger partial charge on any atom is -0.302 e. The summed E-state index contributed by atoms with van der Waals surface area (Å²) in [5.41, 5.74) is 1.55. The largest absolute Gasteiger partial charge is 0.302 e. The number of hydrogen-bond acceptors (Lipinski definition) is 3. The molecule has 0 bridgehead atoms. The SMILES string of the molecule is CC(C)(C)C1CCN(C2CCC3(CC2)CN(CC2CCN(C(C)(C)C)C2)C3)CC1. The van der Waals surface area contributed by atoms with Crippen molar-refractivity contribution in [1.29, 1.82) is 0 Å². The van der Waals surface area contributed by atoms with Gasteiger partial charge in [0.05, 0.1) is 0 Å². The van der Waals surface area contributed by atoms with Gasteiger partial charge in [0.1, 0.15) is 0 Å². The van der Waals surface area contributed by atoms with Crippen LogP contribution in [0.4, 0.5) is 0 Å². The molecule has 0 amide bonds. The van der Waals surface area contributed by atoms with Crippen molar-refractivity contribution < 1.29 is 0 Å². The first-order valence-electron chi connectivity index (χ1n) is 12.8. The van der Waals surface area contributed by atoms with Gasteiger partial charge < -0.3 is 9.80 Å². The third kappa shape index (κ3) is 5.04. The van der Waals surface area contributed by atoms with Crippen molar-refractivity contribution in [3.63, 3.8) is 0 Å². The summed E-state index contributed by atoms with van der Waals surface area (Å²) >= 11 is 0. The molecule has 1 unspecified atom stereocenters. The maximum atomic E-state index is 2.87. The van der Waals surface area contributed by atoms with E-state index in [4.69, 9.17) is 0 Å². The Morgan fingerprint density at radius 2 is 1.41 bits per heavy atom. The molecule has 3 saturated heterocycles. The van der Waals surface area contributed by atoms with E-state index in [-0.39, 0.29) is 0 Å². The predicted molar refractivity (Wildman–Crippen MR) is 124 cm³/mol. The number of likely N-dealkylation sites (tertiary alicyclic amines) is 3. The summed E-state index contributed by atoms with van der Waals surface area (Å²) in [7, 11) is 0. The summed E-state index contributed by atoms with van der Waals surface area (Å²) in [6.45, 7) is 23.9. The van der Waals surface area contributed by atoms with E-state index >= 15 is 0 Å². The normalized spacial score (nSPS) is 31.4. The second-order valence-corrected chi connectivity index (χ2v) is 13.3. The molecule has 3 aliphatic heterocycles. The van der Waals surface area contributed by atoms with Gasteiger partial charge in [-0.2, -0.15) is 0 Å². The van der Waals surface area contributed by atoms with Gasteiger partial charge in [-0.3, -0.25) is 4.90 Å². The molecule has 3 heteroatoms. The van der Waals surface area contributed by atoms with Crippen molar-refractivity contribution >= 4 is 0 Å². The highest BCUT2D eigenvalue weighted by Gasteiger charge is 2.47. The van der Waals surface area contributed by atoms with Crippen LogP contribution in [0.1, 0.15) is 86.5 Å². The van der Waals surface area contributed by atoms with Gasteiger partial charge in [-0.15, -0.1) is 0 Å². The molecule has 0 radical (unpaired) electrons. The minimum atomic E-state index is 0.352. The second kappa shape index (κ2) is 8.10. The van der Waals surface area contributed by atoms with Crippen molar-refractivity contribution in [2.45, 2.75) is 98.1 Å². The first kappa shape index (κ1) is 22.1. The van der Waals surface area contributed by atoms with E-state index < -0.39 is 0 Å². The van der Waals surface area contributed by atoms with Crippen LogP contribution in [0.15, 0.2) is 0 Å². The molecular formula is C26H49N3. The Hall–Kier alpha value is -0.120. The molecule has 0 aromatic rings. The minimum absolute atomic E-state index is 0.352. The van der Waals surface area contributed by atoms with Gasteiger partial charge in [0, 0.05) is 37.8 Å². The quantitative estimate of drug-likeness (QED) is 0.648. The number of hydrogen-bond donors (Lipinski definition) is 0. The lowest BCUT2D eigenvalue weighted by molar-refractivity contribution is -0.0558. The van der Waals surface area contributed by atoms with Crippen molar-refractivity contribution in [3.05, 3.63) is 0 Å². The van der Waals surface area contributed by atoms with Crippen LogP contribution in [0.5, 0.6) is 0 Å². The van der Waals surface area contributed by atoms with Crippen LogP contribution in [0, 0.1) is 22.7 Å². The van der Waals surface area contributed by atoms with E-state index in [1.54, 1.807) is 0 Å². The van der Waals surface area contributed by atoms with E-state index in [1.807, 2.05) is 0 Å².